The molecule has 2 fully saturated rings. The molecule has 1 atom stereocenters. The monoisotopic (exact) mass is 384 g/mol. The highest BCUT2D eigenvalue weighted by molar-refractivity contribution is 9.10. The number of carbonyl (C=O) groups is 2. The standard InChI is InChI=1S/C16H21BrN2O4/c1-15(2)7-6-10(23-15)13(20)18-16(3)8-19(9-16)14(21)11-4-5-12(17)22-11/h4-5,10H,6-9H2,1-3H3,(H,18,20). The first kappa shape index (κ1) is 16.5. The third-order valence-corrected chi connectivity index (χ3v) is 4.76. The van der Waals surface area contributed by atoms with Gasteiger partial charge in [0.2, 0.25) is 5.91 Å². The maximum atomic E-state index is 12.3. The van der Waals surface area contributed by atoms with Crippen LogP contribution in [0.25, 0.3) is 0 Å². The van der Waals surface area contributed by atoms with E-state index in [2.05, 4.69) is 21.2 Å². The van der Waals surface area contributed by atoms with Crippen LogP contribution in [0.4, 0.5) is 0 Å². The van der Waals surface area contributed by atoms with E-state index in [1.165, 1.54) is 0 Å². The number of hydrogen-bond donors (Lipinski definition) is 1. The maximum Gasteiger partial charge on any atom is 0.289 e. The molecule has 2 saturated heterocycles. The van der Waals surface area contributed by atoms with Crippen LogP contribution in [-0.4, -0.2) is 47.0 Å². The Balaban J connectivity index is 1.53. The largest absolute Gasteiger partial charge is 0.444 e. The minimum Gasteiger partial charge on any atom is -0.444 e. The Bertz CT molecular complexity index is 634. The van der Waals surface area contributed by atoms with E-state index in [1.54, 1.807) is 17.0 Å². The van der Waals surface area contributed by atoms with E-state index in [9.17, 15) is 9.59 Å². The number of nitrogens with zero attached hydrogens (tertiary/aromatic N) is 1. The lowest BCUT2D eigenvalue weighted by Gasteiger charge is -2.48. The maximum absolute atomic E-state index is 12.3. The first-order chi connectivity index (χ1) is 10.7. The Morgan fingerprint density at radius 3 is 2.52 bits per heavy atom. The van der Waals surface area contributed by atoms with E-state index in [-0.39, 0.29) is 17.4 Å². The van der Waals surface area contributed by atoms with Gasteiger partial charge in [0, 0.05) is 13.1 Å². The molecule has 1 aromatic rings. The Labute approximate surface area is 143 Å². The molecule has 7 heteroatoms. The van der Waals surface area contributed by atoms with Crippen molar-refractivity contribution >= 4 is 27.7 Å². The molecule has 0 radical (unpaired) electrons. The fraction of sp³-hybridized carbons (Fsp3) is 0.625. The normalized spacial score (nSPS) is 25.0. The van der Waals surface area contributed by atoms with Crippen LogP contribution in [0.15, 0.2) is 21.2 Å². The Morgan fingerprint density at radius 2 is 2.00 bits per heavy atom. The lowest BCUT2D eigenvalue weighted by Crippen LogP contribution is -2.70. The molecule has 3 rings (SSSR count). The second kappa shape index (κ2) is 5.63. The smallest absolute Gasteiger partial charge is 0.289 e. The van der Waals surface area contributed by atoms with Gasteiger partial charge >= 0.3 is 0 Å². The Morgan fingerprint density at radius 1 is 1.30 bits per heavy atom. The summed E-state index contributed by atoms with van der Waals surface area (Å²) in [4.78, 5) is 26.2. The summed E-state index contributed by atoms with van der Waals surface area (Å²) in [5, 5.41) is 3.02. The van der Waals surface area contributed by atoms with Crippen molar-refractivity contribution in [1.29, 1.82) is 0 Å². The van der Waals surface area contributed by atoms with Crippen LogP contribution >= 0.6 is 15.9 Å². The van der Waals surface area contributed by atoms with Crippen LogP contribution < -0.4 is 5.32 Å². The van der Waals surface area contributed by atoms with Crippen molar-refractivity contribution in [2.75, 3.05) is 13.1 Å². The Hall–Kier alpha value is -1.34. The van der Waals surface area contributed by atoms with Crippen molar-refractivity contribution in [2.24, 2.45) is 0 Å². The Kier molecular flexibility index (Phi) is 4.04. The minimum absolute atomic E-state index is 0.0917. The zero-order valence-corrected chi connectivity index (χ0v) is 15.1. The van der Waals surface area contributed by atoms with Gasteiger partial charge in [-0.25, -0.2) is 0 Å². The van der Waals surface area contributed by atoms with Gasteiger partial charge < -0.3 is 19.4 Å². The van der Waals surface area contributed by atoms with Crippen molar-refractivity contribution in [3.63, 3.8) is 0 Å². The third kappa shape index (κ3) is 3.45. The molecule has 1 unspecified atom stereocenters. The van der Waals surface area contributed by atoms with E-state index in [1.807, 2.05) is 20.8 Å². The molecular weight excluding hydrogens is 364 g/mol. The summed E-state index contributed by atoms with van der Waals surface area (Å²) in [6, 6.07) is 3.32. The zero-order valence-electron chi connectivity index (χ0n) is 13.5. The van der Waals surface area contributed by atoms with E-state index < -0.39 is 11.6 Å². The summed E-state index contributed by atoms with van der Waals surface area (Å²) < 4.78 is 11.6. The lowest BCUT2D eigenvalue weighted by molar-refractivity contribution is -0.139. The second-order valence-electron chi connectivity index (χ2n) is 7.22. The van der Waals surface area contributed by atoms with Crippen LogP contribution in [0.3, 0.4) is 0 Å². The average Bonchev–Trinajstić information content (AvgIpc) is 3.01. The number of carbonyl (C=O) groups excluding carboxylic acids is 2. The molecule has 2 amide bonds. The first-order valence-electron chi connectivity index (χ1n) is 7.72. The molecule has 0 spiro atoms. The number of nitrogens with one attached hydrogen (secondary N) is 1. The zero-order chi connectivity index (χ0) is 16.8. The third-order valence-electron chi connectivity index (χ3n) is 4.34. The van der Waals surface area contributed by atoms with E-state index >= 15 is 0 Å². The van der Waals surface area contributed by atoms with Crippen molar-refractivity contribution < 1.29 is 18.7 Å². The fourth-order valence-corrected chi connectivity index (χ4v) is 3.45. The number of furan rings is 1. The molecule has 0 aromatic carbocycles. The number of rotatable bonds is 3. The summed E-state index contributed by atoms with van der Waals surface area (Å²) in [6.45, 7) is 6.85. The molecular formula is C16H21BrN2O4. The topological polar surface area (TPSA) is 71.8 Å². The van der Waals surface area contributed by atoms with Crippen LogP contribution in [0, 0.1) is 0 Å². The van der Waals surface area contributed by atoms with Crippen LogP contribution in [0.2, 0.25) is 0 Å². The van der Waals surface area contributed by atoms with Gasteiger partial charge in [-0.3, -0.25) is 9.59 Å². The number of halogens is 1. The molecule has 3 heterocycles. The van der Waals surface area contributed by atoms with Crippen LogP contribution in [0.5, 0.6) is 0 Å². The van der Waals surface area contributed by atoms with E-state index in [4.69, 9.17) is 9.15 Å². The molecule has 1 N–H and O–H groups in total. The molecule has 0 bridgehead atoms. The summed E-state index contributed by atoms with van der Waals surface area (Å²) in [5.74, 6) is 0.0396. The summed E-state index contributed by atoms with van der Waals surface area (Å²) >= 11 is 3.18. The summed E-state index contributed by atoms with van der Waals surface area (Å²) in [6.07, 6.45) is 1.21. The number of hydrogen-bond acceptors (Lipinski definition) is 4. The van der Waals surface area contributed by atoms with Gasteiger partial charge in [0.15, 0.2) is 10.4 Å². The average molecular weight is 385 g/mol. The number of amides is 2. The van der Waals surface area contributed by atoms with Gasteiger partial charge in [-0.2, -0.15) is 0 Å². The summed E-state index contributed by atoms with van der Waals surface area (Å²) in [5.41, 5.74) is -0.649. The molecule has 126 valence electrons. The molecule has 1 aromatic heterocycles. The van der Waals surface area contributed by atoms with Crippen LogP contribution in [-0.2, 0) is 9.53 Å². The predicted molar refractivity (Wildman–Crippen MR) is 87.0 cm³/mol. The molecule has 23 heavy (non-hydrogen) atoms. The predicted octanol–water partition coefficient (Wildman–Crippen LogP) is 2.33. The second-order valence-corrected chi connectivity index (χ2v) is 8.00. The number of ether oxygens (including phenoxy) is 1. The highest BCUT2D eigenvalue weighted by Crippen LogP contribution is 2.30. The first-order valence-corrected chi connectivity index (χ1v) is 8.51. The van der Waals surface area contributed by atoms with Gasteiger partial charge in [0.05, 0.1) is 11.1 Å². The molecule has 2 aliphatic rings. The van der Waals surface area contributed by atoms with Crippen molar-refractivity contribution in [3.8, 4) is 0 Å². The highest BCUT2D eigenvalue weighted by atomic mass is 79.9. The van der Waals surface area contributed by atoms with Crippen molar-refractivity contribution in [1.82, 2.24) is 10.2 Å². The lowest BCUT2D eigenvalue weighted by atomic mass is 9.91. The fourth-order valence-electron chi connectivity index (χ4n) is 3.15. The molecule has 6 nitrogen and oxygen atoms in total. The SMILES string of the molecule is CC1(NC(=O)C2CCC(C)(C)O2)CN(C(=O)c2ccc(Br)o2)C1. The van der Waals surface area contributed by atoms with Crippen molar-refractivity contribution in [2.45, 2.75) is 50.9 Å². The molecule has 0 saturated carbocycles. The minimum atomic E-state index is -0.410. The summed E-state index contributed by atoms with van der Waals surface area (Å²) in [7, 11) is 0. The van der Waals surface area contributed by atoms with E-state index in [0.29, 0.717) is 23.5 Å². The molecule has 0 aliphatic carbocycles. The van der Waals surface area contributed by atoms with Crippen LogP contribution in [0.1, 0.15) is 44.2 Å². The van der Waals surface area contributed by atoms with E-state index in [0.717, 1.165) is 12.8 Å². The highest BCUT2D eigenvalue weighted by Gasteiger charge is 2.45. The van der Waals surface area contributed by atoms with Crippen molar-refractivity contribution in [3.05, 3.63) is 22.6 Å². The molecule has 2 aliphatic heterocycles. The van der Waals surface area contributed by atoms with Gasteiger partial charge in [-0.15, -0.1) is 0 Å². The van der Waals surface area contributed by atoms with Gasteiger partial charge in [-0.05, 0) is 61.7 Å². The quantitative estimate of drug-likeness (QED) is 0.867. The van der Waals surface area contributed by atoms with Gasteiger partial charge in [-0.1, -0.05) is 0 Å². The number of likely N-dealkylation sites (tertiary alicyclic amines) is 1. The van der Waals surface area contributed by atoms with Gasteiger partial charge in [0.1, 0.15) is 6.10 Å². The van der Waals surface area contributed by atoms with Gasteiger partial charge in [0.25, 0.3) is 5.91 Å².